The Bertz CT molecular complexity index is 972. The number of hydrogen-bond acceptors (Lipinski definition) is 5. The van der Waals surface area contributed by atoms with Gasteiger partial charge in [0.1, 0.15) is 5.57 Å². The van der Waals surface area contributed by atoms with Gasteiger partial charge in [-0.15, -0.1) is 0 Å². The van der Waals surface area contributed by atoms with Gasteiger partial charge >= 0.3 is 0 Å². The molecule has 0 spiro atoms. The SMILES string of the molecule is O=C1NC(=S)N(c2ccc(Cl)cc2)C(=O)/C1=C/c1ccc2c(c1)OCO2. The summed E-state index contributed by atoms with van der Waals surface area (Å²) in [6.07, 6.45) is 1.49. The zero-order valence-corrected chi connectivity index (χ0v) is 14.8. The predicted octanol–water partition coefficient (Wildman–Crippen LogP) is 2.90. The number of amides is 2. The first kappa shape index (κ1) is 16.6. The van der Waals surface area contributed by atoms with Gasteiger partial charge in [0.25, 0.3) is 11.8 Å². The molecule has 0 aromatic heterocycles. The van der Waals surface area contributed by atoms with Crippen LogP contribution in [0.4, 0.5) is 5.69 Å². The summed E-state index contributed by atoms with van der Waals surface area (Å²) < 4.78 is 10.6. The Morgan fingerprint density at radius 3 is 2.58 bits per heavy atom. The van der Waals surface area contributed by atoms with E-state index in [9.17, 15) is 9.59 Å². The van der Waals surface area contributed by atoms with Crippen LogP contribution in [0.5, 0.6) is 11.5 Å². The number of hydrogen-bond donors (Lipinski definition) is 1. The fourth-order valence-corrected chi connectivity index (χ4v) is 3.06. The maximum absolute atomic E-state index is 12.9. The number of nitrogens with zero attached hydrogens (tertiary/aromatic N) is 1. The third-order valence-corrected chi connectivity index (χ3v) is 4.43. The van der Waals surface area contributed by atoms with Crippen molar-refractivity contribution in [3.05, 3.63) is 58.6 Å². The number of carbonyl (C=O) groups is 2. The minimum atomic E-state index is -0.553. The first-order chi connectivity index (χ1) is 12.5. The quantitative estimate of drug-likeness (QED) is 0.488. The highest BCUT2D eigenvalue weighted by atomic mass is 35.5. The molecule has 4 rings (SSSR count). The molecule has 0 saturated carbocycles. The molecule has 130 valence electrons. The molecule has 1 fully saturated rings. The lowest BCUT2D eigenvalue weighted by Gasteiger charge is -2.28. The minimum absolute atomic E-state index is 0.0187. The van der Waals surface area contributed by atoms with E-state index in [-0.39, 0.29) is 17.5 Å². The van der Waals surface area contributed by atoms with Crippen LogP contribution in [0.3, 0.4) is 0 Å². The van der Waals surface area contributed by atoms with Crippen molar-refractivity contribution in [3.63, 3.8) is 0 Å². The van der Waals surface area contributed by atoms with Gasteiger partial charge in [0.2, 0.25) is 6.79 Å². The maximum atomic E-state index is 12.9. The van der Waals surface area contributed by atoms with E-state index in [1.807, 2.05) is 0 Å². The van der Waals surface area contributed by atoms with Gasteiger partial charge in [-0.3, -0.25) is 19.8 Å². The fraction of sp³-hybridized carbons (Fsp3) is 0.0556. The Morgan fingerprint density at radius 1 is 1.08 bits per heavy atom. The van der Waals surface area contributed by atoms with Crippen LogP contribution >= 0.6 is 23.8 Å². The van der Waals surface area contributed by atoms with Crippen LogP contribution < -0.4 is 19.7 Å². The molecule has 2 aliphatic heterocycles. The molecule has 0 aliphatic carbocycles. The van der Waals surface area contributed by atoms with E-state index in [1.54, 1.807) is 42.5 Å². The summed E-state index contributed by atoms with van der Waals surface area (Å²) in [4.78, 5) is 26.4. The second kappa shape index (κ2) is 6.44. The molecule has 2 heterocycles. The van der Waals surface area contributed by atoms with Gasteiger partial charge in [-0.2, -0.15) is 0 Å². The highest BCUT2D eigenvalue weighted by Crippen LogP contribution is 2.33. The summed E-state index contributed by atoms with van der Waals surface area (Å²) in [5.41, 5.74) is 1.12. The molecule has 2 aliphatic rings. The van der Waals surface area contributed by atoms with E-state index in [1.165, 1.54) is 11.0 Å². The van der Waals surface area contributed by atoms with Crippen LogP contribution in [0.25, 0.3) is 6.08 Å². The lowest BCUT2D eigenvalue weighted by atomic mass is 10.1. The number of carbonyl (C=O) groups excluding carboxylic acids is 2. The van der Waals surface area contributed by atoms with E-state index in [0.29, 0.717) is 27.8 Å². The second-order valence-corrected chi connectivity index (χ2v) is 6.37. The van der Waals surface area contributed by atoms with Gasteiger partial charge in [0.15, 0.2) is 16.6 Å². The second-order valence-electron chi connectivity index (χ2n) is 5.55. The van der Waals surface area contributed by atoms with Crippen LogP contribution in [0.1, 0.15) is 5.56 Å². The summed E-state index contributed by atoms with van der Waals surface area (Å²) in [6.45, 7) is 0.146. The lowest BCUT2D eigenvalue weighted by molar-refractivity contribution is -0.122. The number of thiocarbonyl (C=S) groups is 1. The molecule has 1 saturated heterocycles. The molecule has 2 aromatic carbocycles. The third-order valence-electron chi connectivity index (χ3n) is 3.89. The van der Waals surface area contributed by atoms with E-state index in [0.717, 1.165) is 0 Å². The number of fused-ring (bicyclic) bond motifs is 1. The van der Waals surface area contributed by atoms with Gasteiger partial charge < -0.3 is 9.47 Å². The minimum Gasteiger partial charge on any atom is -0.454 e. The predicted molar refractivity (Wildman–Crippen MR) is 100 cm³/mol. The van der Waals surface area contributed by atoms with Gasteiger partial charge in [-0.25, -0.2) is 0 Å². The van der Waals surface area contributed by atoms with Crippen LogP contribution in [0.2, 0.25) is 5.02 Å². The van der Waals surface area contributed by atoms with Crippen LogP contribution in [-0.4, -0.2) is 23.7 Å². The summed E-state index contributed by atoms with van der Waals surface area (Å²) in [5, 5.41) is 3.09. The van der Waals surface area contributed by atoms with Crippen molar-refractivity contribution in [1.29, 1.82) is 0 Å². The largest absolute Gasteiger partial charge is 0.454 e. The number of anilines is 1. The Morgan fingerprint density at radius 2 is 1.81 bits per heavy atom. The molecule has 2 aromatic rings. The number of ether oxygens (including phenoxy) is 2. The van der Waals surface area contributed by atoms with Crippen molar-refractivity contribution in [2.45, 2.75) is 0 Å². The maximum Gasteiger partial charge on any atom is 0.270 e. The summed E-state index contributed by atoms with van der Waals surface area (Å²) >= 11 is 11.0. The molecule has 0 radical (unpaired) electrons. The molecule has 0 atom stereocenters. The van der Waals surface area contributed by atoms with E-state index >= 15 is 0 Å². The number of benzene rings is 2. The molecule has 8 heteroatoms. The Labute approximate surface area is 158 Å². The average Bonchev–Trinajstić information content (AvgIpc) is 3.08. The van der Waals surface area contributed by atoms with Crippen LogP contribution in [0, 0.1) is 0 Å². The highest BCUT2D eigenvalue weighted by molar-refractivity contribution is 7.80. The van der Waals surface area contributed by atoms with Gasteiger partial charge in [-0.05, 0) is 60.3 Å². The Balaban J connectivity index is 1.71. The highest BCUT2D eigenvalue weighted by Gasteiger charge is 2.34. The van der Waals surface area contributed by atoms with Crippen LogP contribution in [0.15, 0.2) is 48.0 Å². The zero-order chi connectivity index (χ0) is 18.3. The molecule has 0 unspecified atom stereocenters. The van der Waals surface area contributed by atoms with Crippen molar-refractivity contribution in [2.24, 2.45) is 0 Å². The molecule has 6 nitrogen and oxygen atoms in total. The van der Waals surface area contributed by atoms with Crippen molar-refractivity contribution < 1.29 is 19.1 Å². The van der Waals surface area contributed by atoms with E-state index in [2.05, 4.69) is 5.32 Å². The zero-order valence-electron chi connectivity index (χ0n) is 13.2. The average molecular weight is 387 g/mol. The van der Waals surface area contributed by atoms with Crippen molar-refractivity contribution in [3.8, 4) is 11.5 Å². The summed E-state index contributed by atoms with van der Waals surface area (Å²) in [5.74, 6) is 0.116. The number of nitrogens with one attached hydrogen (secondary N) is 1. The Kier molecular flexibility index (Phi) is 4.10. The fourth-order valence-electron chi connectivity index (χ4n) is 2.65. The molecular formula is C18H11ClN2O4S. The molecule has 1 N–H and O–H groups in total. The van der Waals surface area contributed by atoms with Crippen molar-refractivity contribution in [1.82, 2.24) is 5.32 Å². The summed E-state index contributed by atoms with van der Waals surface area (Å²) in [6, 6.07) is 11.8. The first-order valence-corrected chi connectivity index (χ1v) is 8.38. The van der Waals surface area contributed by atoms with E-state index in [4.69, 9.17) is 33.3 Å². The standard InChI is InChI=1S/C18H11ClN2O4S/c19-11-2-4-12(5-3-11)21-17(23)13(16(22)20-18(21)26)7-10-1-6-14-15(8-10)25-9-24-14/h1-8H,9H2,(H,20,22,26)/b13-7+. The monoisotopic (exact) mass is 386 g/mol. The van der Waals surface area contributed by atoms with Gasteiger partial charge in [-0.1, -0.05) is 17.7 Å². The topological polar surface area (TPSA) is 67.9 Å². The van der Waals surface area contributed by atoms with Crippen molar-refractivity contribution >= 4 is 52.5 Å². The third kappa shape index (κ3) is 2.91. The molecule has 2 amide bonds. The van der Waals surface area contributed by atoms with Crippen LogP contribution in [-0.2, 0) is 9.59 Å². The van der Waals surface area contributed by atoms with Gasteiger partial charge in [0.05, 0.1) is 5.69 Å². The first-order valence-electron chi connectivity index (χ1n) is 7.59. The van der Waals surface area contributed by atoms with E-state index < -0.39 is 11.8 Å². The molecule has 0 bridgehead atoms. The van der Waals surface area contributed by atoms with Gasteiger partial charge in [0, 0.05) is 5.02 Å². The molecular weight excluding hydrogens is 376 g/mol. The lowest BCUT2D eigenvalue weighted by Crippen LogP contribution is -2.54. The van der Waals surface area contributed by atoms with Crippen molar-refractivity contribution in [2.75, 3.05) is 11.7 Å². The molecule has 26 heavy (non-hydrogen) atoms. The smallest absolute Gasteiger partial charge is 0.270 e. The number of halogens is 1. The normalized spacial score (nSPS) is 17.7. The number of rotatable bonds is 2. The summed E-state index contributed by atoms with van der Waals surface area (Å²) in [7, 11) is 0. The Hall–Kier alpha value is -2.90.